The lowest BCUT2D eigenvalue weighted by molar-refractivity contribution is 0.243. The Labute approximate surface area is 99.0 Å². The summed E-state index contributed by atoms with van der Waals surface area (Å²) in [6.45, 7) is 1.12. The van der Waals surface area contributed by atoms with Gasteiger partial charge >= 0.3 is 0 Å². The topological polar surface area (TPSA) is 48.4 Å². The number of furan rings is 1. The van der Waals surface area contributed by atoms with Crippen molar-refractivity contribution in [1.29, 1.82) is 0 Å². The molecule has 0 atom stereocenters. The summed E-state index contributed by atoms with van der Waals surface area (Å²) in [6, 6.07) is 9.66. The molecule has 0 radical (unpaired) electrons. The Balaban J connectivity index is 2.04. The predicted octanol–water partition coefficient (Wildman–Crippen LogP) is 2.81. The number of hydrogen-bond acceptors (Lipinski definition) is 3. The molecule has 0 fully saturated rings. The van der Waals surface area contributed by atoms with Gasteiger partial charge < -0.3 is 14.9 Å². The lowest BCUT2D eigenvalue weighted by Crippen LogP contribution is -2.05. The zero-order chi connectivity index (χ0) is 12.1. The lowest BCUT2D eigenvalue weighted by Gasteiger charge is -2.00. The summed E-state index contributed by atoms with van der Waals surface area (Å²) in [5, 5.41) is 0. The van der Waals surface area contributed by atoms with Crippen LogP contribution in [0.2, 0.25) is 0 Å². The van der Waals surface area contributed by atoms with Crippen molar-refractivity contribution >= 4 is 0 Å². The fraction of sp³-hybridized carbons (Fsp3) is 0.231. The number of benzene rings is 1. The van der Waals surface area contributed by atoms with E-state index in [2.05, 4.69) is 0 Å². The number of nitrogens with two attached hydrogens (primary N) is 1. The third-order valence-corrected chi connectivity index (χ3v) is 2.30. The molecule has 0 aliphatic carbocycles. The monoisotopic (exact) mass is 235 g/mol. The van der Waals surface area contributed by atoms with Gasteiger partial charge in [0.15, 0.2) is 0 Å². The highest BCUT2D eigenvalue weighted by atomic mass is 19.1. The van der Waals surface area contributed by atoms with Crippen LogP contribution in [0.15, 0.2) is 40.8 Å². The van der Waals surface area contributed by atoms with Crippen molar-refractivity contribution in [2.75, 3.05) is 13.2 Å². The maximum absolute atomic E-state index is 12.7. The van der Waals surface area contributed by atoms with Crippen LogP contribution in [0, 0.1) is 5.82 Å². The summed E-state index contributed by atoms with van der Waals surface area (Å²) in [5.41, 5.74) is 6.18. The highest BCUT2D eigenvalue weighted by Gasteiger charge is 2.05. The van der Waals surface area contributed by atoms with Crippen molar-refractivity contribution in [2.24, 2.45) is 5.73 Å². The predicted molar refractivity (Wildman–Crippen MR) is 63.3 cm³/mol. The van der Waals surface area contributed by atoms with Crippen molar-refractivity contribution < 1.29 is 13.5 Å². The summed E-state index contributed by atoms with van der Waals surface area (Å²) in [7, 11) is 0. The highest BCUT2D eigenvalue weighted by Crippen LogP contribution is 2.26. The Morgan fingerprint density at radius 3 is 2.59 bits per heavy atom. The Kier molecular flexibility index (Phi) is 3.77. The summed E-state index contributed by atoms with van der Waals surface area (Å²) in [6.07, 6.45) is 0.784. The van der Waals surface area contributed by atoms with Crippen LogP contribution in [0.5, 0.6) is 5.95 Å². The first-order chi connectivity index (χ1) is 8.29. The second-order valence-corrected chi connectivity index (χ2v) is 3.62. The van der Waals surface area contributed by atoms with Crippen molar-refractivity contribution in [3.05, 3.63) is 42.2 Å². The Morgan fingerprint density at radius 1 is 1.12 bits per heavy atom. The highest BCUT2D eigenvalue weighted by molar-refractivity contribution is 5.57. The largest absolute Gasteiger partial charge is 0.465 e. The van der Waals surface area contributed by atoms with Gasteiger partial charge in [0.1, 0.15) is 11.6 Å². The van der Waals surface area contributed by atoms with Crippen LogP contribution in [-0.2, 0) is 0 Å². The van der Waals surface area contributed by atoms with Gasteiger partial charge in [-0.2, -0.15) is 0 Å². The Morgan fingerprint density at radius 2 is 1.88 bits per heavy atom. The normalized spacial score (nSPS) is 10.5. The molecular weight excluding hydrogens is 221 g/mol. The molecule has 90 valence electrons. The minimum atomic E-state index is -0.264. The van der Waals surface area contributed by atoms with Crippen LogP contribution in [0.1, 0.15) is 6.42 Å². The number of rotatable bonds is 5. The van der Waals surface area contributed by atoms with E-state index in [-0.39, 0.29) is 5.82 Å². The van der Waals surface area contributed by atoms with Gasteiger partial charge in [-0.1, -0.05) is 0 Å². The van der Waals surface area contributed by atoms with Gasteiger partial charge in [-0.3, -0.25) is 0 Å². The van der Waals surface area contributed by atoms with Crippen LogP contribution in [0.3, 0.4) is 0 Å². The Hall–Kier alpha value is -1.81. The molecule has 0 aliphatic rings. The number of halogens is 1. The molecule has 0 saturated heterocycles. The molecule has 1 heterocycles. The summed E-state index contributed by atoms with van der Waals surface area (Å²) in [5.74, 6) is 0.852. The number of ether oxygens (including phenoxy) is 1. The summed E-state index contributed by atoms with van der Waals surface area (Å²) >= 11 is 0. The van der Waals surface area contributed by atoms with E-state index in [1.54, 1.807) is 24.3 Å². The van der Waals surface area contributed by atoms with E-state index in [1.807, 2.05) is 0 Å². The maximum Gasteiger partial charge on any atom is 0.284 e. The molecule has 0 unspecified atom stereocenters. The van der Waals surface area contributed by atoms with Crippen LogP contribution < -0.4 is 10.5 Å². The second kappa shape index (κ2) is 5.50. The SMILES string of the molecule is NCCCOc1ccc(-c2ccc(F)cc2)o1. The molecule has 0 bridgehead atoms. The molecule has 4 heteroatoms. The van der Waals surface area contributed by atoms with Crippen LogP contribution in [0.4, 0.5) is 4.39 Å². The van der Waals surface area contributed by atoms with Crippen molar-refractivity contribution in [3.8, 4) is 17.3 Å². The van der Waals surface area contributed by atoms with Gasteiger partial charge in [-0.25, -0.2) is 4.39 Å². The minimum absolute atomic E-state index is 0.264. The van der Waals surface area contributed by atoms with E-state index in [0.29, 0.717) is 24.9 Å². The average molecular weight is 235 g/mol. The molecule has 0 saturated carbocycles. The van der Waals surface area contributed by atoms with Gasteiger partial charge in [0.05, 0.1) is 6.61 Å². The van der Waals surface area contributed by atoms with E-state index in [4.69, 9.17) is 14.9 Å². The molecule has 2 N–H and O–H groups in total. The summed E-state index contributed by atoms with van der Waals surface area (Å²) in [4.78, 5) is 0. The fourth-order valence-corrected chi connectivity index (χ4v) is 1.42. The molecule has 0 spiro atoms. The van der Waals surface area contributed by atoms with E-state index in [9.17, 15) is 4.39 Å². The third-order valence-electron chi connectivity index (χ3n) is 2.30. The molecule has 3 nitrogen and oxygen atoms in total. The van der Waals surface area contributed by atoms with Crippen molar-refractivity contribution in [2.45, 2.75) is 6.42 Å². The van der Waals surface area contributed by atoms with E-state index in [0.717, 1.165) is 12.0 Å². The molecule has 0 aliphatic heterocycles. The maximum atomic E-state index is 12.7. The molecule has 2 rings (SSSR count). The van der Waals surface area contributed by atoms with Gasteiger partial charge in [-0.15, -0.1) is 0 Å². The van der Waals surface area contributed by atoms with Gasteiger partial charge in [-0.05, 0) is 43.3 Å². The molecule has 1 aromatic carbocycles. The minimum Gasteiger partial charge on any atom is -0.465 e. The molecular formula is C13H14FNO2. The van der Waals surface area contributed by atoms with Crippen LogP contribution >= 0.6 is 0 Å². The zero-order valence-corrected chi connectivity index (χ0v) is 9.36. The quantitative estimate of drug-likeness (QED) is 0.811. The zero-order valence-electron chi connectivity index (χ0n) is 9.36. The van der Waals surface area contributed by atoms with Gasteiger partial charge in [0.25, 0.3) is 5.95 Å². The first kappa shape index (κ1) is 11.7. The van der Waals surface area contributed by atoms with Gasteiger partial charge in [0, 0.05) is 11.6 Å². The Bertz CT molecular complexity index is 465. The van der Waals surface area contributed by atoms with Crippen molar-refractivity contribution in [1.82, 2.24) is 0 Å². The van der Waals surface area contributed by atoms with Gasteiger partial charge in [0.2, 0.25) is 0 Å². The molecule has 2 aromatic rings. The van der Waals surface area contributed by atoms with Crippen LogP contribution in [-0.4, -0.2) is 13.2 Å². The molecule has 1 aromatic heterocycles. The second-order valence-electron chi connectivity index (χ2n) is 3.62. The van der Waals surface area contributed by atoms with Crippen LogP contribution in [0.25, 0.3) is 11.3 Å². The smallest absolute Gasteiger partial charge is 0.284 e. The first-order valence-electron chi connectivity index (χ1n) is 5.48. The van der Waals surface area contributed by atoms with E-state index in [1.165, 1.54) is 12.1 Å². The standard InChI is InChI=1S/C13H14FNO2/c14-11-4-2-10(3-5-11)12-6-7-13(17-12)16-9-1-8-15/h2-7H,1,8-9,15H2. The molecule has 0 amide bonds. The van der Waals surface area contributed by atoms with E-state index >= 15 is 0 Å². The third kappa shape index (κ3) is 3.07. The first-order valence-corrected chi connectivity index (χ1v) is 5.48. The summed E-state index contributed by atoms with van der Waals surface area (Å²) < 4.78 is 23.6. The average Bonchev–Trinajstić information content (AvgIpc) is 2.79. The van der Waals surface area contributed by atoms with Crippen molar-refractivity contribution in [3.63, 3.8) is 0 Å². The lowest BCUT2D eigenvalue weighted by atomic mass is 10.2. The van der Waals surface area contributed by atoms with E-state index < -0.39 is 0 Å². The number of hydrogen-bond donors (Lipinski definition) is 1. The fourth-order valence-electron chi connectivity index (χ4n) is 1.42. The molecule has 17 heavy (non-hydrogen) atoms.